The highest BCUT2D eigenvalue weighted by molar-refractivity contribution is 6.60. The van der Waals surface area contributed by atoms with Gasteiger partial charge in [-0.1, -0.05) is 6.07 Å². The van der Waals surface area contributed by atoms with E-state index in [4.69, 9.17) is 10.0 Å². The van der Waals surface area contributed by atoms with Gasteiger partial charge in [-0.25, -0.2) is 0 Å². The average Bonchev–Trinajstić information content (AvgIpc) is 2.08. The lowest BCUT2D eigenvalue weighted by atomic mass is 9.77. The Labute approximate surface area is 81.3 Å². The van der Waals surface area contributed by atoms with Crippen LogP contribution in [0.1, 0.15) is 11.1 Å². The molecule has 0 aliphatic rings. The molecule has 0 aromatic heterocycles. The molecule has 1 aromatic carbocycles. The van der Waals surface area contributed by atoms with Crippen molar-refractivity contribution in [2.75, 3.05) is 0 Å². The summed E-state index contributed by atoms with van der Waals surface area (Å²) in [4.78, 5) is 9.95. The van der Waals surface area contributed by atoms with Gasteiger partial charge in [0.2, 0.25) is 0 Å². The first-order chi connectivity index (χ1) is 6.43. The number of rotatable bonds is 2. The molecule has 0 spiro atoms. The van der Waals surface area contributed by atoms with Crippen LogP contribution in [-0.4, -0.2) is 22.1 Å². The smallest absolute Gasteiger partial charge is 0.423 e. The van der Waals surface area contributed by atoms with Gasteiger partial charge >= 0.3 is 7.12 Å². The lowest BCUT2D eigenvalue weighted by Crippen LogP contribution is -2.32. The molecule has 14 heavy (non-hydrogen) atoms. The highest BCUT2D eigenvalue weighted by Gasteiger charge is 2.24. The van der Waals surface area contributed by atoms with Crippen LogP contribution >= 0.6 is 0 Å². The summed E-state index contributed by atoms with van der Waals surface area (Å²) in [5.41, 5.74) is 1.21. The van der Waals surface area contributed by atoms with Gasteiger partial charge in [0.05, 0.1) is 10.4 Å². The predicted molar refractivity (Wildman–Crippen MR) is 52.4 cm³/mol. The van der Waals surface area contributed by atoms with Gasteiger partial charge in [-0.05, 0) is 25.0 Å². The van der Waals surface area contributed by atoms with E-state index in [0.29, 0.717) is 0 Å². The molecule has 2 N–H and O–H groups in total. The summed E-state index contributed by atoms with van der Waals surface area (Å²) < 4.78 is 0. The molecule has 1 aromatic rings. The largest absolute Gasteiger partial charge is 0.495 e. The zero-order valence-electron chi connectivity index (χ0n) is 7.89. The molecule has 0 saturated carbocycles. The van der Waals surface area contributed by atoms with Crippen LogP contribution in [0.25, 0.3) is 0 Å². The Kier molecular flexibility index (Phi) is 2.88. The second-order valence-corrected chi connectivity index (χ2v) is 3.13. The molecule has 0 heterocycles. The fraction of sp³-hybridized carbons (Fsp3) is 0.250. The van der Waals surface area contributed by atoms with E-state index in [1.165, 1.54) is 12.1 Å². The molecule has 5 nitrogen and oxygen atoms in total. The molecule has 0 amide bonds. The Morgan fingerprint density at radius 2 is 1.79 bits per heavy atom. The molecule has 0 atom stereocenters. The maximum atomic E-state index is 10.6. The molecule has 0 saturated heterocycles. The van der Waals surface area contributed by atoms with E-state index in [2.05, 4.69) is 0 Å². The van der Waals surface area contributed by atoms with Gasteiger partial charge in [0.1, 0.15) is 0 Å². The van der Waals surface area contributed by atoms with Gasteiger partial charge in [-0.15, -0.1) is 0 Å². The van der Waals surface area contributed by atoms with Crippen LogP contribution in [0.3, 0.4) is 0 Å². The van der Waals surface area contributed by atoms with Gasteiger partial charge in [0.15, 0.2) is 0 Å². The van der Waals surface area contributed by atoms with Crippen molar-refractivity contribution in [2.24, 2.45) is 0 Å². The Morgan fingerprint density at radius 1 is 1.29 bits per heavy atom. The van der Waals surface area contributed by atoms with Gasteiger partial charge in [0.25, 0.3) is 5.69 Å². The monoisotopic (exact) mass is 195 g/mol. The average molecular weight is 195 g/mol. The van der Waals surface area contributed by atoms with E-state index < -0.39 is 12.0 Å². The third-order valence-corrected chi connectivity index (χ3v) is 2.12. The maximum absolute atomic E-state index is 10.6. The van der Waals surface area contributed by atoms with Crippen LogP contribution in [-0.2, 0) is 0 Å². The van der Waals surface area contributed by atoms with Gasteiger partial charge in [0, 0.05) is 6.07 Å². The van der Waals surface area contributed by atoms with Crippen molar-refractivity contribution in [1.29, 1.82) is 0 Å². The quantitative estimate of drug-likeness (QED) is 0.391. The fourth-order valence-electron chi connectivity index (χ4n) is 1.19. The summed E-state index contributed by atoms with van der Waals surface area (Å²) in [5, 5.41) is 28.4. The minimum atomic E-state index is -1.81. The molecular weight excluding hydrogens is 185 g/mol. The number of nitrogens with zero attached hydrogens (tertiary/aromatic N) is 1. The third-order valence-electron chi connectivity index (χ3n) is 2.12. The minimum absolute atomic E-state index is 0.0712. The van der Waals surface area contributed by atoms with Crippen LogP contribution < -0.4 is 5.46 Å². The molecule has 0 fully saturated rings. The second-order valence-electron chi connectivity index (χ2n) is 3.13. The van der Waals surface area contributed by atoms with Gasteiger partial charge < -0.3 is 10.0 Å². The lowest BCUT2D eigenvalue weighted by Gasteiger charge is -2.05. The minimum Gasteiger partial charge on any atom is -0.423 e. The highest BCUT2D eigenvalue weighted by atomic mass is 16.6. The van der Waals surface area contributed by atoms with Gasteiger partial charge in [-0.2, -0.15) is 0 Å². The van der Waals surface area contributed by atoms with Crippen molar-refractivity contribution in [1.82, 2.24) is 0 Å². The second kappa shape index (κ2) is 3.77. The Bertz CT molecular complexity index is 378. The van der Waals surface area contributed by atoms with E-state index in [9.17, 15) is 10.1 Å². The maximum Gasteiger partial charge on any atom is 0.495 e. The first-order valence-corrected chi connectivity index (χ1v) is 4.05. The Hall–Kier alpha value is -1.40. The Morgan fingerprint density at radius 3 is 2.21 bits per heavy atom. The summed E-state index contributed by atoms with van der Waals surface area (Å²) in [6.07, 6.45) is 0. The van der Waals surface area contributed by atoms with Gasteiger partial charge in [-0.3, -0.25) is 10.1 Å². The summed E-state index contributed by atoms with van der Waals surface area (Å²) in [5.74, 6) is 0. The van der Waals surface area contributed by atoms with Crippen LogP contribution in [0.4, 0.5) is 5.69 Å². The van der Waals surface area contributed by atoms with Crippen LogP contribution in [0.2, 0.25) is 0 Å². The third kappa shape index (κ3) is 1.91. The highest BCUT2D eigenvalue weighted by Crippen LogP contribution is 2.14. The molecule has 74 valence electrons. The molecule has 1 rings (SSSR count). The van der Waals surface area contributed by atoms with Crippen LogP contribution in [0, 0.1) is 24.0 Å². The first-order valence-electron chi connectivity index (χ1n) is 4.05. The molecule has 0 radical (unpaired) electrons. The number of nitro groups is 1. The predicted octanol–water partition coefficient (Wildman–Crippen LogP) is -0.109. The SMILES string of the molecule is Cc1cc(B(O)O)c([N+](=O)[O-])cc1C. The number of aryl methyl sites for hydroxylation is 2. The fourth-order valence-corrected chi connectivity index (χ4v) is 1.19. The number of hydrogen-bond donors (Lipinski definition) is 2. The molecule has 0 aliphatic heterocycles. The van der Waals surface area contributed by atoms with E-state index in [0.717, 1.165) is 11.1 Å². The van der Waals surface area contributed by atoms with Crippen molar-refractivity contribution in [2.45, 2.75) is 13.8 Å². The zero-order chi connectivity index (χ0) is 10.9. The zero-order valence-corrected chi connectivity index (χ0v) is 7.89. The van der Waals surface area contributed by atoms with E-state index in [-0.39, 0.29) is 11.2 Å². The van der Waals surface area contributed by atoms with E-state index in [1.807, 2.05) is 0 Å². The lowest BCUT2D eigenvalue weighted by molar-refractivity contribution is -0.383. The van der Waals surface area contributed by atoms with Crippen molar-refractivity contribution < 1.29 is 15.0 Å². The Balaban J connectivity index is 3.39. The molecular formula is C8H10BNO4. The van der Waals surface area contributed by atoms with E-state index in [1.54, 1.807) is 13.8 Å². The number of benzene rings is 1. The molecule has 0 aliphatic carbocycles. The number of hydrogen-bond acceptors (Lipinski definition) is 4. The molecule has 0 unspecified atom stereocenters. The van der Waals surface area contributed by atoms with Crippen LogP contribution in [0.5, 0.6) is 0 Å². The standard InChI is InChI=1S/C8H10BNO4/c1-5-3-7(9(11)12)8(10(13)14)4-6(5)2/h3-4,11-12H,1-2H3. The van der Waals surface area contributed by atoms with Crippen molar-refractivity contribution >= 4 is 18.3 Å². The van der Waals surface area contributed by atoms with Crippen molar-refractivity contribution in [3.63, 3.8) is 0 Å². The number of nitro benzene ring substituents is 1. The van der Waals surface area contributed by atoms with Crippen LogP contribution in [0.15, 0.2) is 12.1 Å². The summed E-state index contributed by atoms with van der Waals surface area (Å²) >= 11 is 0. The normalized spacial score (nSPS) is 10.0. The van der Waals surface area contributed by atoms with E-state index >= 15 is 0 Å². The first kappa shape index (κ1) is 10.7. The molecule has 0 bridgehead atoms. The van der Waals surface area contributed by atoms with Crippen molar-refractivity contribution in [3.05, 3.63) is 33.4 Å². The molecule has 6 heteroatoms. The topological polar surface area (TPSA) is 83.6 Å². The summed E-state index contributed by atoms with van der Waals surface area (Å²) in [6.45, 7) is 3.49. The summed E-state index contributed by atoms with van der Waals surface area (Å²) in [6, 6.07) is 2.75. The summed E-state index contributed by atoms with van der Waals surface area (Å²) in [7, 11) is -1.81. The van der Waals surface area contributed by atoms with Crippen molar-refractivity contribution in [3.8, 4) is 0 Å².